The predicted octanol–water partition coefficient (Wildman–Crippen LogP) is 3.80. The number of aryl methyl sites for hydroxylation is 1. The van der Waals surface area contributed by atoms with Crippen molar-refractivity contribution in [3.63, 3.8) is 0 Å². The zero-order chi connectivity index (χ0) is 15.2. The molecule has 1 aromatic heterocycles. The van der Waals surface area contributed by atoms with Crippen LogP contribution in [-0.2, 0) is 6.42 Å². The number of aromatic nitrogens is 1. The van der Waals surface area contributed by atoms with Crippen LogP contribution in [-0.4, -0.2) is 18.1 Å². The van der Waals surface area contributed by atoms with Crippen LogP contribution in [0.3, 0.4) is 0 Å². The summed E-state index contributed by atoms with van der Waals surface area (Å²) in [5.41, 5.74) is 0.491. The highest BCUT2D eigenvalue weighted by Gasteiger charge is 2.09. The molecule has 1 heterocycles. The van der Waals surface area contributed by atoms with Crippen molar-refractivity contribution in [2.45, 2.75) is 26.7 Å². The number of halogens is 2. The molecule has 0 amide bonds. The standard InChI is InChI=1S/C16H20F2N2O/c1-11(2)9-19-7-3-4-16-20-10-15(21-16)12-5-6-13(17)14(18)8-12/h5-6,8,10-11,19H,3-4,7,9H2,1-2H3. The van der Waals surface area contributed by atoms with Gasteiger partial charge in [-0.1, -0.05) is 13.8 Å². The van der Waals surface area contributed by atoms with Gasteiger partial charge in [-0.3, -0.25) is 0 Å². The Bertz CT molecular complexity index is 581. The van der Waals surface area contributed by atoms with Gasteiger partial charge >= 0.3 is 0 Å². The first-order valence-electron chi connectivity index (χ1n) is 7.17. The van der Waals surface area contributed by atoms with Crippen molar-refractivity contribution in [2.24, 2.45) is 5.92 Å². The first-order valence-corrected chi connectivity index (χ1v) is 7.17. The van der Waals surface area contributed by atoms with E-state index in [1.165, 1.54) is 6.07 Å². The maximum Gasteiger partial charge on any atom is 0.194 e. The van der Waals surface area contributed by atoms with E-state index in [9.17, 15) is 8.78 Å². The van der Waals surface area contributed by atoms with Crippen LogP contribution in [0, 0.1) is 17.6 Å². The molecule has 0 spiro atoms. The third-order valence-electron chi connectivity index (χ3n) is 3.05. The van der Waals surface area contributed by atoms with E-state index in [4.69, 9.17) is 4.42 Å². The van der Waals surface area contributed by atoms with Crippen LogP contribution < -0.4 is 5.32 Å². The molecule has 2 aromatic rings. The Balaban J connectivity index is 1.87. The van der Waals surface area contributed by atoms with Gasteiger partial charge in [-0.15, -0.1) is 0 Å². The summed E-state index contributed by atoms with van der Waals surface area (Å²) in [6.07, 6.45) is 3.18. The van der Waals surface area contributed by atoms with Crippen LogP contribution in [0.2, 0.25) is 0 Å². The summed E-state index contributed by atoms with van der Waals surface area (Å²) in [5.74, 6) is -0.0510. The molecule has 1 aromatic carbocycles. The largest absolute Gasteiger partial charge is 0.441 e. The third-order valence-corrected chi connectivity index (χ3v) is 3.05. The van der Waals surface area contributed by atoms with E-state index in [0.717, 1.165) is 38.1 Å². The monoisotopic (exact) mass is 294 g/mol. The van der Waals surface area contributed by atoms with Gasteiger partial charge in [-0.05, 0) is 43.6 Å². The van der Waals surface area contributed by atoms with E-state index in [-0.39, 0.29) is 0 Å². The van der Waals surface area contributed by atoms with Gasteiger partial charge < -0.3 is 9.73 Å². The number of oxazole rings is 1. The second kappa shape index (κ2) is 7.31. The Morgan fingerprint density at radius 3 is 2.76 bits per heavy atom. The van der Waals surface area contributed by atoms with Crippen LogP contribution in [0.15, 0.2) is 28.8 Å². The minimum Gasteiger partial charge on any atom is -0.441 e. The molecule has 0 saturated heterocycles. The van der Waals surface area contributed by atoms with Crippen LogP contribution in [0.25, 0.3) is 11.3 Å². The van der Waals surface area contributed by atoms with Crippen molar-refractivity contribution in [3.8, 4) is 11.3 Å². The van der Waals surface area contributed by atoms with Crippen LogP contribution >= 0.6 is 0 Å². The van der Waals surface area contributed by atoms with E-state index in [1.54, 1.807) is 6.20 Å². The summed E-state index contributed by atoms with van der Waals surface area (Å²) >= 11 is 0. The van der Waals surface area contributed by atoms with E-state index >= 15 is 0 Å². The van der Waals surface area contributed by atoms with Crippen LogP contribution in [0.1, 0.15) is 26.2 Å². The van der Waals surface area contributed by atoms with E-state index in [1.807, 2.05) is 0 Å². The Labute approximate surface area is 123 Å². The van der Waals surface area contributed by atoms with Crippen molar-refractivity contribution in [2.75, 3.05) is 13.1 Å². The summed E-state index contributed by atoms with van der Waals surface area (Å²) < 4.78 is 31.6. The van der Waals surface area contributed by atoms with Gasteiger partial charge in [0.05, 0.1) is 6.20 Å². The quantitative estimate of drug-likeness (QED) is 0.789. The molecule has 3 nitrogen and oxygen atoms in total. The molecule has 2 rings (SSSR count). The molecule has 0 unspecified atom stereocenters. The summed E-state index contributed by atoms with van der Waals surface area (Å²) in [5, 5.41) is 3.35. The fourth-order valence-electron chi connectivity index (χ4n) is 1.96. The molecule has 0 aliphatic heterocycles. The molecule has 0 fully saturated rings. The van der Waals surface area contributed by atoms with Gasteiger partial charge in [-0.25, -0.2) is 13.8 Å². The average Bonchev–Trinajstić information content (AvgIpc) is 2.90. The molecule has 114 valence electrons. The Hall–Kier alpha value is -1.75. The number of hydrogen-bond acceptors (Lipinski definition) is 3. The molecule has 0 atom stereocenters. The second-order valence-electron chi connectivity index (χ2n) is 5.45. The zero-order valence-corrected chi connectivity index (χ0v) is 12.3. The van der Waals surface area contributed by atoms with Gasteiger partial charge in [0.1, 0.15) is 0 Å². The number of nitrogens with one attached hydrogen (secondary N) is 1. The van der Waals surface area contributed by atoms with Crippen LogP contribution in [0.5, 0.6) is 0 Å². The molecule has 0 saturated carbocycles. The maximum absolute atomic E-state index is 13.2. The van der Waals surface area contributed by atoms with E-state index in [0.29, 0.717) is 23.1 Å². The summed E-state index contributed by atoms with van der Waals surface area (Å²) in [4.78, 5) is 4.17. The summed E-state index contributed by atoms with van der Waals surface area (Å²) in [6, 6.07) is 3.68. The van der Waals surface area contributed by atoms with Crippen molar-refractivity contribution in [1.29, 1.82) is 0 Å². The molecule has 21 heavy (non-hydrogen) atoms. The first kappa shape index (κ1) is 15.6. The highest BCUT2D eigenvalue weighted by Crippen LogP contribution is 2.22. The van der Waals surface area contributed by atoms with Crippen molar-refractivity contribution in [1.82, 2.24) is 10.3 Å². The minimum absolute atomic E-state index is 0.457. The topological polar surface area (TPSA) is 38.1 Å². The lowest BCUT2D eigenvalue weighted by Crippen LogP contribution is -2.21. The van der Waals surface area contributed by atoms with E-state index < -0.39 is 11.6 Å². The molecule has 0 radical (unpaired) electrons. The van der Waals surface area contributed by atoms with Crippen LogP contribution in [0.4, 0.5) is 8.78 Å². The van der Waals surface area contributed by atoms with E-state index in [2.05, 4.69) is 24.1 Å². The number of benzene rings is 1. The maximum atomic E-state index is 13.2. The highest BCUT2D eigenvalue weighted by atomic mass is 19.2. The fourth-order valence-corrected chi connectivity index (χ4v) is 1.96. The number of nitrogens with zero attached hydrogens (tertiary/aromatic N) is 1. The Morgan fingerprint density at radius 1 is 1.24 bits per heavy atom. The fraction of sp³-hybridized carbons (Fsp3) is 0.438. The average molecular weight is 294 g/mol. The highest BCUT2D eigenvalue weighted by molar-refractivity contribution is 5.56. The van der Waals surface area contributed by atoms with Gasteiger partial charge in [0.2, 0.25) is 0 Å². The molecule has 0 aliphatic carbocycles. The van der Waals surface area contributed by atoms with Gasteiger partial charge in [0.25, 0.3) is 0 Å². The molecule has 1 N–H and O–H groups in total. The van der Waals surface area contributed by atoms with Gasteiger partial charge in [-0.2, -0.15) is 0 Å². The summed E-state index contributed by atoms with van der Waals surface area (Å²) in [6.45, 7) is 6.22. The smallest absolute Gasteiger partial charge is 0.194 e. The Morgan fingerprint density at radius 2 is 2.05 bits per heavy atom. The van der Waals surface area contributed by atoms with Crippen molar-refractivity contribution in [3.05, 3.63) is 41.9 Å². The lowest BCUT2D eigenvalue weighted by atomic mass is 10.2. The third kappa shape index (κ3) is 4.63. The second-order valence-corrected chi connectivity index (χ2v) is 5.45. The predicted molar refractivity (Wildman–Crippen MR) is 77.9 cm³/mol. The minimum atomic E-state index is -0.886. The lowest BCUT2D eigenvalue weighted by molar-refractivity contribution is 0.481. The number of rotatable bonds is 7. The molecule has 5 heteroatoms. The van der Waals surface area contributed by atoms with Crippen molar-refractivity contribution < 1.29 is 13.2 Å². The number of hydrogen-bond donors (Lipinski definition) is 1. The molecule has 0 bridgehead atoms. The lowest BCUT2D eigenvalue weighted by Gasteiger charge is -2.05. The van der Waals surface area contributed by atoms with Crippen molar-refractivity contribution >= 4 is 0 Å². The molecule has 0 aliphatic rings. The molecular weight excluding hydrogens is 274 g/mol. The first-order chi connectivity index (χ1) is 10.1. The Kier molecular flexibility index (Phi) is 5.44. The normalized spacial score (nSPS) is 11.3. The molecular formula is C16H20F2N2O. The zero-order valence-electron chi connectivity index (χ0n) is 12.3. The van der Waals surface area contributed by atoms with Gasteiger partial charge in [0.15, 0.2) is 23.3 Å². The summed E-state index contributed by atoms with van der Waals surface area (Å²) in [7, 11) is 0. The van der Waals surface area contributed by atoms with Gasteiger partial charge in [0, 0.05) is 12.0 Å². The SMILES string of the molecule is CC(C)CNCCCc1ncc(-c2ccc(F)c(F)c2)o1.